The lowest BCUT2D eigenvalue weighted by atomic mass is 9.96. The second-order valence-electron chi connectivity index (χ2n) is 4.08. The summed E-state index contributed by atoms with van der Waals surface area (Å²) in [6, 6.07) is 6.54. The van der Waals surface area contributed by atoms with Gasteiger partial charge in [0.1, 0.15) is 0 Å². The molecule has 19 heavy (non-hydrogen) atoms. The van der Waals surface area contributed by atoms with Gasteiger partial charge >= 0.3 is 12.0 Å². The second-order valence-corrected chi connectivity index (χ2v) is 4.94. The molecule has 1 aliphatic heterocycles. The molecule has 0 fully saturated rings. The van der Waals surface area contributed by atoms with Gasteiger partial charge in [-0.3, -0.25) is 0 Å². The predicted octanol–water partition coefficient (Wildman–Crippen LogP) is 2.25. The van der Waals surface area contributed by atoms with Crippen LogP contribution in [0.4, 0.5) is 4.79 Å². The molecule has 0 aromatic heterocycles. The Morgan fingerprint density at radius 2 is 2.05 bits per heavy atom. The molecular formula is C13H13BrN2O3. The lowest BCUT2D eigenvalue weighted by Gasteiger charge is -2.28. The van der Waals surface area contributed by atoms with E-state index in [0.29, 0.717) is 11.3 Å². The molecule has 100 valence electrons. The Hall–Kier alpha value is -1.82. The number of nitrogens with one attached hydrogen (secondary N) is 2. The minimum Gasteiger partial charge on any atom is -0.466 e. The third kappa shape index (κ3) is 2.63. The first kappa shape index (κ1) is 13.6. The summed E-state index contributed by atoms with van der Waals surface area (Å²) in [4.78, 5) is 23.5. The lowest BCUT2D eigenvalue weighted by Crippen LogP contribution is -2.45. The number of methoxy groups -OCH3 is 1. The first-order valence-corrected chi connectivity index (χ1v) is 6.45. The van der Waals surface area contributed by atoms with Crippen LogP contribution < -0.4 is 10.6 Å². The number of allylic oxidation sites excluding steroid dienone is 1. The van der Waals surface area contributed by atoms with Crippen LogP contribution >= 0.6 is 15.9 Å². The van der Waals surface area contributed by atoms with Crippen LogP contribution in [0.2, 0.25) is 0 Å². The van der Waals surface area contributed by atoms with Crippen LogP contribution in [-0.2, 0) is 9.53 Å². The highest BCUT2D eigenvalue weighted by molar-refractivity contribution is 9.10. The molecule has 0 saturated heterocycles. The number of amides is 2. The summed E-state index contributed by atoms with van der Waals surface area (Å²) in [7, 11) is 1.32. The van der Waals surface area contributed by atoms with Gasteiger partial charge in [-0.05, 0) is 18.6 Å². The molecular weight excluding hydrogens is 312 g/mol. The van der Waals surface area contributed by atoms with Gasteiger partial charge in [-0.1, -0.05) is 34.1 Å². The quantitative estimate of drug-likeness (QED) is 0.820. The van der Waals surface area contributed by atoms with E-state index in [1.165, 1.54) is 7.11 Å². The van der Waals surface area contributed by atoms with Crippen molar-refractivity contribution in [2.75, 3.05) is 7.11 Å². The van der Waals surface area contributed by atoms with Crippen molar-refractivity contribution in [3.05, 3.63) is 45.6 Å². The van der Waals surface area contributed by atoms with Crippen LogP contribution in [0.5, 0.6) is 0 Å². The standard InChI is InChI=1S/C13H13BrN2O3/c1-7-10(12(17)19-2)11(16-13(18)15-7)8-5-3-4-6-9(8)14/h3-6,11H,1-2H3,(H2,15,16,18)/t11-/m0/s1. The zero-order chi connectivity index (χ0) is 14.0. The molecule has 2 N–H and O–H groups in total. The highest BCUT2D eigenvalue weighted by Crippen LogP contribution is 2.31. The highest BCUT2D eigenvalue weighted by atomic mass is 79.9. The Labute approximate surface area is 119 Å². The van der Waals surface area contributed by atoms with Crippen molar-refractivity contribution in [2.24, 2.45) is 0 Å². The summed E-state index contributed by atoms with van der Waals surface area (Å²) >= 11 is 3.42. The maximum Gasteiger partial charge on any atom is 0.337 e. The maximum absolute atomic E-state index is 11.9. The van der Waals surface area contributed by atoms with Crippen molar-refractivity contribution < 1.29 is 14.3 Å². The SMILES string of the molecule is COC(=O)C1=C(C)NC(=O)N[C@H]1c1ccccc1Br. The third-order valence-corrected chi connectivity index (χ3v) is 3.61. The molecule has 0 radical (unpaired) electrons. The van der Waals surface area contributed by atoms with E-state index in [1.54, 1.807) is 6.92 Å². The Morgan fingerprint density at radius 3 is 2.68 bits per heavy atom. The van der Waals surface area contributed by atoms with Gasteiger partial charge in [-0.2, -0.15) is 0 Å². The van der Waals surface area contributed by atoms with E-state index in [9.17, 15) is 9.59 Å². The monoisotopic (exact) mass is 324 g/mol. The highest BCUT2D eigenvalue weighted by Gasteiger charge is 2.32. The Kier molecular flexibility index (Phi) is 3.90. The fourth-order valence-corrected chi connectivity index (χ4v) is 2.53. The van der Waals surface area contributed by atoms with E-state index in [4.69, 9.17) is 4.74 Å². The van der Waals surface area contributed by atoms with Crippen LogP contribution in [0, 0.1) is 0 Å². The van der Waals surface area contributed by atoms with Crippen LogP contribution in [0.15, 0.2) is 40.0 Å². The molecule has 5 nitrogen and oxygen atoms in total. The van der Waals surface area contributed by atoms with Gasteiger partial charge in [0, 0.05) is 10.2 Å². The van der Waals surface area contributed by atoms with Gasteiger partial charge in [0.15, 0.2) is 0 Å². The number of ether oxygens (including phenoxy) is 1. The van der Waals surface area contributed by atoms with Crippen molar-refractivity contribution in [2.45, 2.75) is 13.0 Å². The largest absolute Gasteiger partial charge is 0.466 e. The molecule has 1 aliphatic rings. The van der Waals surface area contributed by atoms with Crippen LogP contribution in [0.1, 0.15) is 18.5 Å². The van der Waals surface area contributed by atoms with Crippen molar-refractivity contribution in [1.29, 1.82) is 0 Å². The van der Waals surface area contributed by atoms with E-state index in [2.05, 4.69) is 26.6 Å². The number of carbonyl (C=O) groups excluding carboxylic acids is 2. The smallest absolute Gasteiger partial charge is 0.337 e. The number of urea groups is 1. The molecule has 0 spiro atoms. The lowest BCUT2D eigenvalue weighted by molar-refractivity contribution is -0.136. The number of hydrogen-bond acceptors (Lipinski definition) is 3. The number of halogens is 1. The molecule has 1 atom stereocenters. The maximum atomic E-state index is 11.9. The molecule has 1 heterocycles. The number of carbonyl (C=O) groups is 2. The zero-order valence-corrected chi connectivity index (χ0v) is 12.1. The van der Waals surface area contributed by atoms with E-state index in [-0.39, 0.29) is 6.03 Å². The number of benzene rings is 1. The molecule has 2 rings (SSSR count). The number of rotatable bonds is 2. The molecule has 1 aromatic rings. The first-order valence-electron chi connectivity index (χ1n) is 5.65. The topological polar surface area (TPSA) is 67.4 Å². The van der Waals surface area contributed by atoms with E-state index in [1.807, 2.05) is 24.3 Å². The summed E-state index contributed by atoms with van der Waals surface area (Å²) in [6.45, 7) is 1.68. The summed E-state index contributed by atoms with van der Waals surface area (Å²) < 4.78 is 5.60. The van der Waals surface area contributed by atoms with Crippen LogP contribution in [-0.4, -0.2) is 19.1 Å². The molecule has 6 heteroatoms. The van der Waals surface area contributed by atoms with Gasteiger partial charge in [0.25, 0.3) is 0 Å². The van der Waals surface area contributed by atoms with Crippen LogP contribution in [0.25, 0.3) is 0 Å². The molecule has 0 saturated carbocycles. The van der Waals surface area contributed by atoms with Crippen molar-refractivity contribution >= 4 is 27.9 Å². The fraction of sp³-hybridized carbons (Fsp3) is 0.231. The van der Waals surface area contributed by atoms with E-state index < -0.39 is 12.0 Å². The average Bonchev–Trinajstić information content (AvgIpc) is 2.37. The molecule has 1 aromatic carbocycles. The molecule has 2 amide bonds. The van der Waals surface area contributed by atoms with Gasteiger partial charge in [0.05, 0.1) is 18.7 Å². The van der Waals surface area contributed by atoms with Gasteiger partial charge in [0.2, 0.25) is 0 Å². The minimum absolute atomic E-state index is 0.342. The van der Waals surface area contributed by atoms with Crippen molar-refractivity contribution in [3.63, 3.8) is 0 Å². The Bertz CT molecular complexity index is 569. The molecule has 0 bridgehead atoms. The predicted molar refractivity (Wildman–Crippen MR) is 73.3 cm³/mol. The van der Waals surface area contributed by atoms with Gasteiger partial charge in [-0.25, -0.2) is 9.59 Å². The van der Waals surface area contributed by atoms with Crippen molar-refractivity contribution in [1.82, 2.24) is 10.6 Å². The summed E-state index contributed by atoms with van der Waals surface area (Å²) in [5.74, 6) is -0.467. The second kappa shape index (κ2) is 5.44. The first-order chi connectivity index (χ1) is 9.04. The molecule has 0 unspecified atom stereocenters. The van der Waals surface area contributed by atoms with E-state index in [0.717, 1.165) is 10.0 Å². The zero-order valence-electron chi connectivity index (χ0n) is 10.5. The van der Waals surface area contributed by atoms with Crippen molar-refractivity contribution in [3.8, 4) is 0 Å². The number of hydrogen-bond donors (Lipinski definition) is 2. The Morgan fingerprint density at radius 1 is 1.37 bits per heavy atom. The Balaban J connectivity index is 2.53. The number of esters is 1. The summed E-state index contributed by atoms with van der Waals surface area (Å²) in [5, 5.41) is 5.31. The molecule has 0 aliphatic carbocycles. The van der Waals surface area contributed by atoms with E-state index >= 15 is 0 Å². The average molecular weight is 325 g/mol. The summed E-state index contributed by atoms with van der Waals surface area (Å²) in [5.41, 5.74) is 1.70. The van der Waals surface area contributed by atoms with Gasteiger partial charge < -0.3 is 15.4 Å². The minimum atomic E-state index is -0.531. The third-order valence-electron chi connectivity index (χ3n) is 2.89. The van der Waals surface area contributed by atoms with Gasteiger partial charge in [-0.15, -0.1) is 0 Å². The normalized spacial score (nSPS) is 18.7. The fourth-order valence-electron chi connectivity index (χ4n) is 2.02. The van der Waals surface area contributed by atoms with Crippen LogP contribution in [0.3, 0.4) is 0 Å². The summed E-state index contributed by atoms with van der Waals surface area (Å²) in [6.07, 6.45) is 0.